The first-order valence-corrected chi connectivity index (χ1v) is 4.06. The maximum atomic E-state index is 3.74. The number of rotatable bonds is 0. The topological polar surface area (TPSA) is 0 Å². The summed E-state index contributed by atoms with van der Waals surface area (Å²) in [5.41, 5.74) is 0. The summed E-state index contributed by atoms with van der Waals surface area (Å²) in [6.45, 7) is 4.31. The van der Waals surface area contributed by atoms with Crippen molar-refractivity contribution in [3.63, 3.8) is 0 Å². The summed E-state index contributed by atoms with van der Waals surface area (Å²) in [6.07, 6.45) is 3.74. The van der Waals surface area contributed by atoms with Crippen LogP contribution in [0.25, 0.3) is 0 Å². The third kappa shape index (κ3) is 31.8. The molecule has 0 saturated heterocycles. The fourth-order valence-electron chi connectivity index (χ4n) is 0. The van der Waals surface area contributed by atoms with Gasteiger partial charge in [-0.1, -0.05) is 0 Å². The predicted molar refractivity (Wildman–Crippen MR) is 27.3 cm³/mol. The first-order chi connectivity index (χ1) is 1.73. The maximum Gasteiger partial charge on any atom is 0 e. The van der Waals surface area contributed by atoms with E-state index in [2.05, 4.69) is 19.6 Å². The zero-order valence-electron chi connectivity index (χ0n) is 3.78. The summed E-state index contributed by atoms with van der Waals surface area (Å²) >= 11 is 0. The molecular weight excluding hydrogens is 156 g/mol. The van der Waals surface area contributed by atoms with Gasteiger partial charge in [-0.05, 0) is 13.3 Å². The molecule has 0 aliphatic heterocycles. The Hall–Kier alpha value is 1.40. The van der Waals surface area contributed by atoms with Crippen LogP contribution in [0, 0.1) is 0 Å². The molecule has 0 aromatic heterocycles. The Morgan fingerprint density at radius 1 is 1.40 bits per heavy atom. The summed E-state index contributed by atoms with van der Waals surface area (Å²) in [5, 5.41) is 0. The van der Waals surface area contributed by atoms with Crippen molar-refractivity contribution in [1.82, 2.24) is 0 Å². The van der Waals surface area contributed by atoms with Crippen LogP contribution in [0.15, 0.2) is 0 Å². The van der Waals surface area contributed by atoms with Gasteiger partial charge in [-0.3, -0.25) is 0 Å². The molecule has 0 spiro atoms. The van der Waals surface area contributed by atoms with Crippen LogP contribution in [-0.2, 0) is 32.7 Å². The van der Waals surface area contributed by atoms with Crippen LogP contribution >= 0.6 is 7.55 Å². The van der Waals surface area contributed by atoms with Gasteiger partial charge in [0.05, 0.1) is 0 Å². The molecule has 5 heavy (non-hydrogen) atoms. The Bertz CT molecular complexity index is 29.9. The average Bonchev–Trinajstić information content (AvgIpc) is 0.811. The van der Waals surface area contributed by atoms with E-state index >= 15 is 0 Å². The van der Waals surface area contributed by atoms with Crippen LogP contribution in [0.4, 0.5) is 0 Å². The van der Waals surface area contributed by atoms with Crippen LogP contribution in [-0.4, -0.2) is 19.6 Å². The van der Waals surface area contributed by atoms with Gasteiger partial charge in [0.25, 0.3) is 0 Å². The summed E-state index contributed by atoms with van der Waals surface area (Å²) in [7, 11) is -0.130. The van der Waals surface area contributed by atoms with E-state index in [0.717, 1.165) is 0 Å². The largest absolute Gasteiger partial charge is 0.131 e. The molecule has 0 unspecified atom stereocenters. The molecule has 2 heteroatoms. The third-order valence-corrected chi connectivity index (χ3v) is 0. The summed E-state index contributed by atoms with van der Waals surface area (Å²) < 4.78 is 0. The van der Waals surface area contributed by atoms with Crippen molar-refractivity contribution in [3.8, 4) is 0 Å². The third-order valence-electron chi connectivity index (χ3n) is 0. The molecular formula is C3H9PY. The van der Waals surface area contributed by atoms with Crippen molar-refractivity contribution < 1.29 is 32.7 Å². The fourth-order valence-corrected chi connectivity index (χ4v) is 0. The van der Waals surface area contributed by atoms with Crippen molar-refractivity contribution in [2.45, 2.75) is 0 Å². The molecule has 0 rings (SSSR count). The molecule has 0 aromatic carbocycles. The zero-order valence-corrected chi connectivity index (χ0v) is 7.62. The molecule has 0 saturated carbocycles. The first kappa shape index (κ1) is 9.64. The SMILES string of the molecule is C=[PH](C)C.[Y]. The van der Waals surface area contributed by atoms with E-state index in [-0.39, 0.29) is 40.3 Å². The van der Waals surface area contributed by atoms with Gasteiger partial charge >= 0.3 is 0 Å². The van der Waals surface area contributed by atoms with E-state index < -0.39 is 0 Å². The van der Waals surface area contributed by atoms with Crippen molar-refractivity contribution >= 4 is 13.8 Å². The molecule has 0 bridgehead atoms. The van der Waals surface area contributed by atoms with Gasteiger partial charge < -0.3 is 0 Å². The molecule has 29 valence electrons. The Labute approximate surface area is 59.6 Å². The van der Waals surface area contributed by atoms with Crippen LogP contribution in [0.5, 0.6) is 0 Å². The van der Waals surface area contributed by atoms with Gasteiger partial charge in [0.15, 0.2) is 0 Å². The van der Waals surface area contributed by atoms with Gasteiger partial charge in [-0.25, -0.2) is 0 Å². The van der Waals surface area contributed by atoms with E-state index in [1.54, 1.807) is 0 Å². The van der Waals surface area contributed by atoms with E-state index in [1.165, 1.54) is 0 Å². The second kappa shape index (κ2) is 5.40. The van der Waals surface area contributed by atoms with E-state index in [1.807, 2.05) is 0 Å². The van der Waals surface area contributed by atoms with Crippen LogP contribution in [0.3, 0.4) is 0 Å². The molecule has 0 amide bonds. The molecule has 1 radical (unpaired) electrons. The normalized spacial score (nSPS) is 7.00. The Morgan fingerprint density at radius 2 is 1.40 bits per heavy atom. The first-order valence-electron chi connectivity index (χ1n) is 1.35. The fraction of sp³-hybridized carbons (Fsp3) is 0.667. The van der Waals surface area contributed by atoms with Gasteiger partial charge in [0, 0.05) is 32.7 Å². The molecule has 0 aromatic rings. The molecule has 0 nitrogen and oxygen atoms in total. The molecule has 0 aliphatic rings. The van der Waals surface area contributed by atoms with Crippen molar-refractivity contribution in [3.05, 3.63) is 0 Å². The predicted octanol–water partition coefficient (Wildman–Crippen LogP) is 0.890. The van der Waals surface area contributed by atoms with Crippen molar-refractivity contribution in [1.29, 1.82) is 0 Å². The quantitative estimate of drug-likeness (QED) is 0.467. The van der Waals surface area contributed by atoms with E-state index in [4.69, 9.17) is 0 Å². The molecule has 0 aliphatic carbocycles. The van der Waals surface area contributed by atoms with Gasteiger partial charge in [-0.15, -0.1) is 13.8 Å². The minimum Gasteiger partial charge on any atom is -0.131 e. The smallest absolute Gasteiger partial charge is 0 e. The van der Waals surface area contributed by atoms with Crippen molar-refractivity contribution in [2.24, 2.45) is 0 Å². The summed E-state index contributed by atoms with van der Waals surface area (Å²) in [5.74, 6) is 0. The second-order valence-corrected chi connectivity index (χ2v) is 3.62. The summed E-state index contributed by atoms with van der Waals surface area (Å²) in [4.78, 5) is 0. The minimum atomic E-state index is -0.130. The molecule has 0 atom stereocenters. The van der Waals surface area contributed by atoms with E-state index in [0.29, 0.717) is 0 Å². The monoisotopic (exact) mass is 165 g/mol. The number of hydrogen-bond donors (Lipinski definition) is 0. The van der Waals surface area contributed by atoms with Crippen molar-refractivity contribution in [2.75, 3.05) is 13.3 Å². The molecule has 0 fully saturated rings. The molecule has 0 N–H and O–H groups in total. The van der Waals surface area contributed by atoms with Gasteiger partial charge in [0.1, 0.15) is 0 Å². The Kier molecular flexibility index (Phi) is 10.4. The summed E-state index contributed by atoms with van der Waals surface area (Å²) in [6, 6.07) is 0. The Balaban J connectivity index is 0. The number of hydrogen-bond acceptors (Lipinski definition) is 0. The minimum absolute atomic E-state index is 0. The Morgan fingerprint density at radius 3 is 1.40 bits per heavy atom. The second-order valence-electron chi connectivity index (χ2n) is 1.21. The van der Waals surface area contributed by atoms with Crippen LogP contribution < -0.4 is 0 Å². The average molecular weight is 165 g/mol. The van der Waals surface area contributed by atoms with Crippen LogP contribution in [0.1, 0.15) is 0 Å². The molecule has 0 heterocycles. The standard InChI is InChI=1S/C3H9P.Y/c1-4(2)3;/h4H,1H2,2-3H3;. The maximum absolute atomic E-state index is 3.74. The van der Waals surface area contributed by atoms with Gasteiger partial charge in [-0.2, -0.15) is 0 Å². The van der Waals surface area contributed by atoms with Gasteiger partial charge in [0.2, 0.25) is 0 Å². The van der Waals surface area contributed by atoms with Crippen LogP contribution in [0.2, 0.25) is 0 Å². The van der Waals surface area contributed by atoms with E-state index in [9.17, 15) is 0 Å². The zero-order chi connectivity index (χ0) is 3.58.